The van der Waals surface area contributed by atoms with Crippen LogP contribution in [-0.2, 0) is 14.3 Å². The van der Waals surface area contributed by atoms with E-state index in [1.165, 1.54) is 16.0 Å². The number of benzene rings is 2. The van der Waals surface area contributed by atoms with Crippen molar-refractivity contribution in [3.8, 4) is 11.1 Å². The van der Waals surface area contributed by atoms with E-state index in [2.05, 4.69) is 29.6 Å². The van der Waals surface area contributed by atoms with Crippen molar-refractivity contribution in [2.24, 2.45) is 11.8 Å². The first-order valence-electron chi connectivity index (χ1n) is 12.1. The second kappa shape index (κ2) is 9.49. The summed E-state index contributed by atoms with van der Waals surface area (Å²) < 4.78 is 5.64. The van der Waals surface area contributed by atoms with E-state index in [-0.39, 0.29) is 36.9 Å². The molecule has 0 saturated heterocycles. The maximum atomic E-state index is 12.9. The average molecular weight is 463 g/mol. The Morgan fingerprint density at radius 2 is 1.59 bits per heavy atom. The number of carboxylic acid groups (broad SMARTS) is 1. The summed E-state index contributed by atoms with van der Waals surface area (Å²) in [5.41, 5.74) is 4.69. The van der Waals surface area contributed by atoms with Crippen LogP contribution in [0.3, 0.4) is 0 Å². The number of alkyl carbamates (subject to hydrolysis) is 1. The largest absolute Gasteiger partial charge is 0.480 e. The third-order valence-corrected chi connectivity index (χ3v) is 7.26. The lowest BCUT2D eigenvalue weighted by molar-refractivity contribution is -0.146. The molecule has 2 N–H and O–H groups in total. The maximum absolute atomic E-state index is 12.9. The van der Waals surface area contributed by atoms with E-state index in [0.29, 0.717) is 31.7 Å². The molecule has 0 aliphatic heterocycles. The topological polar surface area (TPSA) is 95.9 Å². The third kappa shape index (κ3) is 4.79. The van der Waals surface area contributed by atoms with Crippen molar-refractivity contribution in [1.82, 2.24) is 10.2 Å². The highest BCUT2D eigenvalue weighted by Crippen LogP contribution is 2.44. The summed E-state index contributed by atoms with van der Waals surface area (Å²) in [6, 6.07) is 16.3. The first-order chi connectivity index (χ1) is 16.5. The van der Waals surface area contributed by atoms with Crippen LogP contribution in [0.25, 0.3) is 11.1 Å². The minimum absolute atomic E-state index is 0.00283. The van der Waals surface area contributed by atoms with Gasteiger partial charge >= 0.3 is 12.1 Å². The monoisotopic (exact) mass is 462 g/mol. The van der Waals surface area contributed by atoms with E-state index in [4.69, 9.17) is 4.74 Å². The van der Waals surface area contributed by atoms with Crippen LogP contribution in [0.15, 0.2) is 48.5 Å². The summed E-state index contributed by atoms with van der Waals surface area (Å²) >= 11 is 0. The van der Waals surface area contributed by atoms with Crippen LogP contribution in [0.2, 0.25) is 0 Å². The number of fused-ring (bicyclic) bond motifs is 3. The minimum Gasteiger partial charge on any atom is -0.480 e. The number of carbonyl (C=O) groups is 3. The van der Waals surface area contributed by atoms with Gasteiger partial charge in [-0.1, -0.05) is 48.5 Å². The molecule has 2 aromatic carbocycles. The molecule has 0 unspecified atom stereocenters. The molecule has 2 fully saturated rings. The van der Waals surface area contributed by atoms with Gasteiger partial charge in [0.15, 0.2) is 0 Å². The van der Waals surface area contributed by atoms with E-state index < -0.39 is 12.1 Å². The molecule has 5 rings (SSSR count). The fraction of sp³-hybridized carbons (Fsp3) is 0.444. The highest BCUT2D eigenvalue weighted by molar-refractivity contribution is 5.83. The molecule has 0 bridgehead atoms. The fourth-order valence-electron chi connectivity index (χ4n) is 5.41. The van der Waals surface area contributed by atoms with Crippen LogP contribution in [0.5, 0.6) is 0 Å². The molecule has 0 spiro atoms. The Labute approximate surface area is 199 Å². The lowest BCUT2D eigenvalue weighted by atomic mass is 9.98. The standard InChI is InChI=1S/C27H30N2O5/c30-25(31)15-29(14-17-9-10-17)26(32)18-11-12-19(13-18)28-27(33)34-16-24-22-7-3-1-5-20(22)21-6-2-4-8-23(21)24/h1-8,17-19,24H,9-16H2,(H,28,33)(H,30,31)/t18-,19+/m0/s1. The van der Waals surface area contributed by atoms with Crippen molar-refractivity contribution >= 4 is 18.0 Å². The van der Waals surface area contributed by atoms with Gasteiger partial charge in [-0.05, 0) is 60.3 Å². The smallest absolute Gasteiger partial charge is 0.407 e. The molecule has 2 saturated carbocycles. The average Bonchev–Trinajstić information content (AvgIpc) is 3.43. The molecular formula is C27H30N2O5. The second-order valence-electron chi connectivity index (χ2n) is 9.73. The third-order valence-electron chi connectivity index (χ3n) is 7.26. The zero-order chi connectivity index (χ0) is 23.7. The van der Waals surface area contributed by atoms with Gasteiger partial charge in [0.1, 0.15) is 13.2 Å². The van der Waals surface area contributed by atoms with Crippen molar-refractivity contribution in [2.75, 3.05) is 19.7 Å². The van der Waals surface area contributed by atoms with E-state index in [1.54, 1.807) is 0 Å². The van der Waals surface area contributed by atoms with Crippen molar-refractivity contribution < 1.29 is 24.2 Å². The van der Waals surface area contributed by atoms with Gasteiger partial charge in [-0.2, -0.15) is 0 Å². The predicted molar refractivity (Wildman–Crippen MR) is 126 cm³/mol. The molecule has 0 heterocycles. The lowest BCUT2D eigenvalue weighted by Gasteiger charge is -2.24. The van der Waals surface area contributed by atoms with Gasteiger partial charge in [0, 0.05) is 24.4 Å². The number of hydrogen-bond donors (Lipinski definition) is 2. The maximum Gasteiger partial charge on any atom is 0.407 e. The van der Waals surface area contributed by atoms with E-state index in [1.807, 2.05) is 24.3 Å². The summed E-state index contributed by atoms with van der Waals surface area (Å²) in [5, 5.41) is 12.1. The quantitative estimate of drug-likeness (QED) is 0.618. The van der Waals surface area contributed by atoms with Crippen LogP contribution >= 0.6 is 0 Å². The Morgan fingerprint density at radius 3 is 2.21 bits per heavy atom. The van der Waals surface area contributed by atoms with Crippen LogP contribution in [0, 0.1) is 11.8 Å². The molecule has 2 atom stereocenters. The Balaban J connectivity index is 1.15. The van der Waals surface area contributed by atoms with E-state index >= 15 is 0 Å². The molecule has 7 nitrogen and oxygen atoms in total. The number of aliphatic carboxylic acids is 1. The first-order valence-corrected chi connectivity index (χ1v) is 12.1. The molecule has 34 heavy (non-hydrogen) atoms. The van der Waals surface area contributed by atoms with Crippen molar-refractivity contribution in [3.05, 3.63) is 59.7 Å². The number of nitrogens with zero attached hydrogens (tertiary/aromatic N) is 1. The van der Waals surface area contributed by atoms with Gasteiger partial charge in [0.2, 0.25) is 5.91 Å². The van der Waals surface area contributed by atoms with Gasteiger partial charge in [0.25, 0.3) is 0 Å². The Kier molecular flexibility index (Phi) is 6.26. The van der Waals surface area contributed by atoms with Gasteiger partial charge in [-0.15, -0.1) is 0 Å². The second-order valence-corrected chi connectivity index (χ2v) is 9.73. The summed E-state index contributed by atoms with van der Waals surface area (Å²) in [6.07, 6.45) is 3.49. The highest BCUT2D eigenvalue weighted by Gasteiger charge is 2.36. The SMILES string of the molecule is O=C(O)CN(CC1CC1)C(=O)[C@H]1CC[C@@H](NC(=O)OCC2c3ccccc3-c3ccccc32)C1. The predicted octanol–water partition coefficient (Wildman–Crippen LogP) is 4.02. The van der Waals surface area contributed by atoms with Gasteiger partial charge in [-0.3, -0.25) is 9.59 Å². The number of carbonyl (C=O) groups excluding carboxylic acids is 2. The van der Waals surface area contributed by atoms with Crippen LogP contribution in [-0.4, -0.2) is 53.7 Å². The minimum atomic E-state index is -0.986. The number of rotatable bonds is 8. The number of nitrogens with one attached hydrogen (secondary N) is 1. The molecule has 0 aromatic heterocycles. The van der Waals surface area contributed by atoms with Crippen molar-refractivity contribution in [1.29, 1.82) is 0 Å². The van der Waals surface area contributed by atoms with Crippen LogP contribution in [0.1, 0.15) is 49.1 Å². The van der Waals surface area contributed by atoms with Crippen molar-refractivity contribution in [2.45, 2.75) is 44.1 Å². The molecular weight excluding hydrogens is 432 g/mol. The molecule has 3 aliphatic carbocycles. The molecule has 3 aliphatic rings. The summed E-state index contributed by atoms with van der Waals surface area (Å²) in [6.45, 7) is 0.519. The number of ether oxygens (including phenoxy) is 1. The number of amides is 2. The first kappa shape index (κ1) is 22.4. The van der Waals surface area contributed by atoms with Crippen LogP contribution in [0.4, 0.5) is 4.79 Å². The lowest BCUT2D eigenvalue weighted by Crippen LogP contribution is -2.41. The van der Waals surface area contributed by atoms with Gasteiger partial charge in [-0.25, -0.2) is 4.79 Å². The van der Waals surface area contributed by atoms with Gasteiger partial charge in [0.05, 0.1) is 0 Å². The zero-order valence-electron chi connectivity index (χ0n) is 19.1. The highest BCUT2D eigenvalue weighted by atomic mass is 16.5. The van der Waals surface area contributed by atoms with E-state index in [0.717, 1.165) is 24.0 Å². The number of hydrogen-bond acceptors (Lipinski definition) is 4. The molecule has 2 aromatic rings. The molecule has 7 heteroatoms. The Bertz CT molecular complexity index is 1050. The Hall–Kier alpha value is -3.35. The fourth-order valence-corrected chi connectivity index (χ4v) is 5.41. The Morgan fingerprint density at radius 1 is 0.941 bits per heavy atom. The molecule has 178 valence electrons. The summed E-state index contributed by atoms with van der Waals surface area (Å²) in [4.78, 5) is 38.2. The molecule has 2 amide bonds. The number of carboxylic acids is 1. The molecule has 0 radical (unpaired) electrons. The zero-order valence-corrected chi connectivity index (χ0v) is 19.1. The van der Waals surface area contributed by atoms with Crippen molar-refractivity contribution in [3.63, 3.8) is 0 Å². The van der Waals surface area contributed by atoms with Gasteiger partial charge < -0.3 is 20.1 Å². The van der Waals surface area contributed by atoms with Crippen LogP contribution < -0.4 is 5.32 Å². The summed E-state index contributed by atoms with van der Waals surface area (Å²) in [7, 11) is 0. The summed E-state index contributed by atoms with van der Waals surface area (Å²) in [5.74, 6) is -0.911. The van der Waals surface area contributed by atoms with E-state index in [9.17, 15) is 19.5 Å². The normalized spacial score (nSPS) is 20.9.